The van der Waals surface area contributed by atoms with Crippen LogP contribution >= 0.6 is 15.9 Å². The van der Waals surface area contributed by atoms with Gasteiger partial charge in [0.2, 0.25) is 0 Å². The molecule has 0 aliphatic rings. The van der Waals surface area contributed by atoms with E-state index in [4.69, 9.17) is 10.5 Å². The van der Waals surface area contributed by atoms with Crippen LogP contribution in [0.3, 0.4) is 0 Å². The van der Waals surface area contributed by atoms with Crippen molar-refractivity contribution < 1.29 is 8.95 Å². The minimum Gasteiger partial charge on any atom is -0.398 e. The molecule has 1 aromatic rings. The molecular formula is C10H14BrNO2S. The fraction of sp³-hybridized carbons (Fsp3) is 0.400. The molecule has 0 bridgehead atoms. The van der Waals surface area contributed by atoms with Gasteiger partial charge in [-0.15, -0.1) is 0 Å². The number of hydrogen-bond acceptors (Lipinski definition) is 3. The molecule has 0 spiro atoms. The van der Waals surface area contributed by atoms with Gasteiger partial charge in [-0.2, -0.15) is 0 Å². The molecule has 0 aliphatic carbocycles. The first-order chi connectivity index (χ1) is 7.13. The Bertz CT molecular complexity index is 357. The van der Waals surface area contributed by atoms with Gasteiger partial charge in [0, 0.05) is 39.6 Å². The highest BCUT2D eigenvalue weighted by molar-refractivity contribution is 9.10. The van der Waals surface area contributed by atoms with Crippen molar-refractivity contribution in [2.75, 3.05) is 25.2 Å². The molecule has 0 heterocycles. The topological polar surface area (TPSA) is 52.3 Å². The first kappa shape index (κ1) is 12.7. The molecule has 0 amide bonds. The van der Waals surface area contributed by atoms with Crippen LogP contribution in [0.15, 0.2) is 22.7 Å². The summed E-state index contributed by atoms with van der Waals surface area (Å²) in [6.07, 6.45) is 0. The molecule has 2 N–H and O–H groups in total. The molecule has 0 aliphatic heterocycles. The number of ether oxygens (including phenoxy) is 1. The second-order valence-corrected chi connectivity index (χ2v) is 5.57. The first-order valence-corrected chi connectivity index (χ1v) is 6.79. The number of halogens is 1. The Kier molecular flexibility index (Phi) is 5.28. The average Bonchev–Trinajstić information content (AvgIpc) is 2.20. The van der Waals surface area contributed by atoms with Crippen LogP contribution in [0.2, 0.25) is 0 Å². The first-order valence-electron chi connectivity index (χ1n) is 4.51. The monoisotopic (exact) mass is 291 g/mol. The summed E-state index contributed by atoms with van der Waals surface area (Å²) in [5.41, 5.74) is 7.39. The predicted octanol–water partition coefficient (Wildman–Crippen LogP) is 1.93. The van der Waals surface area contributed by atoms with Crippen LogP contribution in [0.5, 0.6) is 0 Å². The summed E-state index contributed by atoms with van der Waals surface area (Å²) in [4.78, 5) is 0. The van der Waals surface area contributed by atoms with Gasteiger partial charge < -0.3 is 10.5 Å². The van der Waals surface area contributed by atoms with Crippen molar-refractivity contribution in [3.8, 4) is 0 Å². The quantitative estimate of drug-likeness (QED) is 0.844. The second kappa shape index (κ2) is 6.25. The fourth-order valence-electron chi connectivity index (χ4n) is 1.12. The van der Waals surface area contributed by atoms with E-state index in [9.17, 15) is 4.21 Å². The summed E-state index contributed by atoms with van der Waals surface area (Å²) in [6, 6.07) is 5.64. The molecule has 0 radical (unpaired) electrons. The van der Waals surface area contributed by atoms with Gasteiger partial charge in [0.25, 0.3) is 0 Å². The number of nitrogen functional groups attached to an aromatic ring is 1. The summed E-state index contributed by atoms with van der Waals surface area (Å²) < 4.78 is 17.3. The van der Waals surface area contributed by atoms with E-state index in [0.29, 0.717) is 23.8 Å². The maximum atomic E-state index is 11.5. The summed E-state index contributed by atoms with van der Waals surface area (Å²) in [5, 5.41) is 0. The fourth-order valence-corrected chi connectivity index (χ4v) is 2.41. The maximum absolute atomic E-state index is 11.5. The van der Waals surface area contributed by atoms with Crippen molar-refractivity contribution in [2.45, 2.75) is 5.75 Å². The van der Waals surface area contributed by atoms with Gasteiger partial charge in [0.05, 0.1) is 6.61 Å². The number of nitrogens with two attached hydrogens (primary N) is 1. The van der Waals surface area contributed by atoms with Gasteiger partial charge in [-0.1, -0.05) is 6.07 Å². The molecule has 1 rings (SSSR count). The zero-order valence-electron chi connectivity index (χ0n) is 8.53. The zero-order valence-corrected chi connectivity index (χ0v) is 10.9. The summed E-state index contributed by atoms with van der Waals surface area (Å²) in [5.74, 6) is 1.09. The van der Waals surface area contributed by atoms with Crippen LogP contribution < -0.4 is 5.73 Å². The Labute approximate surface area is 101 Å². The van der Waals surface area contributed by atoms with Gasteiger partial charge in [0.15, 0.2) is 0 Å². The van der Waals surface area contributed by atoms with Crippen molar-refractivity contribution >= 4 is 32.4 Å². The average molecular weight is 292 g/mol. The van der Waals surface area contributed by atoms with Gasteiger partial charge in [-0.25, -0.2) is 0 Å². The third kappa shape index (κ3) is 4.32. The number of methoxy groups -OCH3 is 1. The number of rotatable bonds is 5. The van der Waals surface area contributed by atoms with Crippen LogP contribution in [0.1, 0.15) is 5.56 Å². The van der Waals surface area contributed by atoms with E-state index in [-0.39, 0.29) is 0 Å². The minimum atomic E-state index is -0.882. The Balaban J connectivity index is 2.57. The Morgan fingerprint density at radius 3 is 2.87 bits per heavy atom. The van der Waals surface area contributed by atoms with Crippen molar-refractivity contribution in [2.24, 2.45) is 0 Å². The molecule has 0 saturated heterocycles. The maximum Gasteiger partial charge on any atom is 0.0577 e. The SMILES string of the molecule is COCCS(=O)Cc1ccc(Br)c(N)c1. The van der Waals surface area contributed by atoms with Gasteiger partial charge >= 0.3 is 0 Å². The molecule has 15 heavy (non-hydrogen) atoms. The van der Waals surface area contributed by atoms with Crippen LogP contribution in [0.25, 0.3) is 0 Å². The molecule has 84 valence electrons. The zero-order chi connectivity index (χ0) is 11.3. The smallest absolute Gasteiger partial charge is 0.0577 e. The van der Waals surface area contributed by atoms with E-state index in [1.165, 1.54) is 0 Å². The number of benzene rings is 1. The molecule has 0 saturated carbocycles. The van der Waals surface area contributed by atoms with E-state index in [1.807, 2.05) is 18.2 Å². The number of hydrogen-bond donors (Lipinski definition) is 1. The summed E-state index contributed by atoms with van der Waals surface area (Å²) in [7, 11) is 0.724. The molecule has 5 heteroatoms. The van der Waals surface area contributed by atoms with Crippen molar-refractivity contribution in [1.82, 2.24) is 0 Å². The number of anilines is 1. The van der Waals surface area contributed by atoms with E-state index < -0.39 is 10.8 Å². The van der Waals surface area contributed by atoms with Crippen LogP contribution in [-0.4, -0.2) is 23.7 Å². The van der Waals surface area contributed by atoms with Crippen molar-refractivity contribution in [3.05, 3.63) is 28.2 Å². The van der Waals surface area contributed by atoms with Crippen molar-refractivity contribution in [1.29, 1.82) is 0 Å². The van der Waals surface area contributed by atoms with Gasteiger partial charge in [-0.05, 0) is 33.6 Å². The lowest BCUT2D eigenvalue weighted by molar-refractivity contribution is 0.218. The third-order valence-electron chi connectivity index (χ3n) is 1.90. The lowest BCUT2D eigenvalue weighted by atomic mass is 10.2. The lowest BCUT2D eigenvalue weighted by Crippen LogP contribution is -2.06. The van der Waals surface area contributed by atoms with E-state index in [2.05, 4.69) is 15.9 Å². The third-order valence-corrected chi connectivity index (χ3v) is 3.90. The Morgan fingerprint density at radius 1 is 1.53 bits per heavy atom. The summed E-state index contributed by atoms with van der Waals surface area (Å²) in [6.45, 7) is 0.526. The van der Waals surface area contributed by atoms with E-state index >= 15 is 0 Å². The molecule has 1 aromatic carbocycles. The van der Waals surface area contributed by atoms with Gasteiger partial charge in [0.1, 0.15) is 0 Å². The lowest BCUT2D eigenvalue weighted by Gasteiger charge is -2.04. The van der Waals surface area contributed by atoms with E-state index in [0.717, 1.165) is 10.0 Å². The van der Waals surface area contributed by atoms with Crippen LogP contribution in [0, 0.1) is 0 Å². The Hall–Kier alpha value is -0.390. The van der Waals surface area contributed by atoms with Crippen molar-refractivity contribution in [3.63, 3.8) is 0 Å². The molecule has 1 atom stereocenters. The molecular weight excluding hydrogens is 278 g/mol. The van der Waals surface area contributed by atoms with E-state index in [1.54, 1.807) is 7.11 Å². The Morgan fingerprint density at radius 2 is 2.27 bits per heavy atom. The molecule has 0 fully saturated rings. The minimum absolute atomic E-state index is 0.526. The molecule has 1 unspecified atom stereocenters. The van der Waals surface area contributed by atoms with Gasteiger partial charge in [-0.3, -0.25) is 4.21 Å². The normalized spacial score (nSPS) is 12.7. The highest BCUT2D eigenvalue weighted by atomic mass is 79.9. The second-order valence-electron chi connectivity index (χ2n) is 3.14. The predicted molar refractivity (Wildman–Crippen MR) is 67.1 cm³/mol. The summed E-state index contributed by atoms with van der Waals surface area (Å²) >= 11 is 3.32. The largest absolute Gasteiger partial charge is 0.398 e. The van der Waals surface area contributed by atoms with Crippen LogP contribution in [0.4, 0.5) is 5.69 Å². The standard InChI is InChI=1S/C10H14BrNO2S/c1-14-4-5-15(13)7-8-2-3-9(11)10(12)6-8/h2-3,6H,4-5,7,12H2,1H3. The molecule has 3 nitrogen and oxygen atoms in total. The molecule has 0 aromatic heterocycles. The van der Waals surface area contributed by atoms with Crippen LogP contribution in [-0.2, 0) is 21.3 Å². The highest BCUT2D eigenvalue weighted by Gasteiger charge is 2.03. The highest BCUT2D eigenvalue weighted by Crippen LogP contribution is 2.20.